The first-order valence-corrected chi connectivity index (χ1v) is 7.22. The molecule has 19 heavy (non-hydrogen) atoms. The first kappa shape index (κ1) is 15.3. The maximum atomic E-state index is 12.1. The van der Waals surface area contributed by atoms with Crippen molar-refractivity contribution in [1.29, 1.82) is 5.26 Å². The lowest BCUT2D eigenvalue weighted by atomic mass is 9.90. The summed E-state index contributed by atoms with van der Waals surface area (Å²) in [6, 6.07) is 8.24. The fraction of sp³-hybridized carbons (Fsp3) is 0.462. The lowest BCUT2D eigenvalue weighted by Crippen LogP contribution is -2.10. The zero-order valence-corrected chi connectivity index (χ0v) is 11.8. The summed E-state index contributed by atoms with van der Waals surface area (Å²) < 4.78 is 12.1. The van der Waals surface area contributed by atoms with Gasteiger partial charge in [0.25, 0.3) is 5.69 Å². The van der Waals surface area contributed by atoms with Crippen LogP contribution in [0.3, 0.4) is 0 Å². The second kappa shape index (κ2) is 6.43. The summed E-state index contributed by atoms with van der Waals surface area (Å²) in [4.78, 5) is 10.6. The van der Waals surface area contributed by atoms with Crippen LogP contribution in [0.2, 0.25) is 0 Å². The number of nitro benzene ring substituents is 1. The quantitative estimate of drug-likeness (QED) is 0.592. The van der Waals surface area contributed by atoms with E-state index in [1.54, 1.807) is 12.1 Å². The molecule has 5 nitrogen and oxygen atoms in total. The second-order valence-electron chi connectivity index (χ2n) is 4.87. The van der Waals surface area contributed by atoms with E-state index in [9.17, 15) is 14.3 Å². The highest BCUT2D eigenvalue weighted by Gasteiger charge is 2.20. The molecule has 0 aliphatic carbocycles. The number of para-hydroxylation sites is 1. The van der Waals surface area contributed by atoms with E-state index in [2.05, 4.69) is 6.07 Å². The molecule has 0 aliphatic rings. The average Bonchev–Trinajstić information content (AvgIpc) is 2.38. The molecule has 0 saturated carbocycles. The van der Waals surface area contributed by atoms with Crippen LogP contribution in [0.1, 0.15) is 26.7 Å². The number of nitrogens with zero attached hydrogens (tertiary/aromatic N) is 2. The lowest BCUT2D eigenvalue weighted by Gasteiger charge is -2.13. The molecule has 0 saturated heterocycles. The van der Waals surface area contributed by atoms with Gasteiger partial charge in [-0.1, -0.05) is 12.1 Å². The van der Waals surface area contributed by atoms with Gasteiger partial charge >= 0.3 is 0 Å². The molecule has 1 aromatic rings. The summed E-state index contributed by atoms with van der Waals surface area (Å²) in [6.07, 6.45) is 1.22. The standard InChI is InChI=1S/C13H16N2O3S/c1-13(2,10-14)8-5-9-19(18)12-7-4-3-6-11(12)15(16)17/h3-4,6-7H,5,8-9H2,1-2H3. The Morgan fingerprint density at radius 3 is 2.63 bits per heavy atom. The molecule has 1 atom stereocenters. The molecule has 0 heterocycles. The summed E-state index contributed by atoms with van der Waals surface area (Å²) in [5.74, 6) is 0.329. The Bertz CT molecular complexity index is 535. The first-order chi connectivity index (χ1) is 8.87. The van der Waals surface area contributed by atoms with Gasteiger partial charge in [0.05, 0.1) is 27.2 Å². The van der Waals surface area contributed by atoms with Crippen molar-refractivity contribution in [2.24, 2.45) is 5.41 Å². The zero-order valence-electron chi connectivity index (χ0n) is 11.0. The van der Waals surface area contributed by atoms with Crippen LogP contribution in [-0.4, -0.2) is 14.9 Å². The summed E-state index contributed by atoms with van der Waals surface area (Å²) in [6.45, 7) is 3.64. The van der Waals surface area contributed by atoms with E-state index in [0.29, 0.717) is 18.6 Å². The Kier molecular flexibility index (Phi) is 5.19. The summed E-state index contributed by atoms with van der Waals surface area (Å²) in [5.41, 5.74) is -0.562. The molecule has 0 amide bonds. The van der Waals surface area contributed by atoms with Crippen molar-refractivity contribution in [3.63, 3.8) is 0 Å². The minimum Gasteiger partial charge on any atom is -0.258 e. The molecule has 0 fully saturated rings. The van der Waals surface area contributed by atoms with E-state index in [-0.39, 0.29) is 10.6 Å². The van der Waals surface area contributed by atoms with Crippen LogP contribution >= 0.6 is 0 Å². The second-order valence-corrected chi connectivity index (χ2v) is 6.41. The fourth-order valence-corrected chi connectivity index (χ4v) is 2.84. The minimum absolute atomic E-state index is 0.111. The molecule has 6 heteroatoms. The highest BCUT2D eigenvalue weighted by Crippen LogP contribution is 2.24. The van der Waals surface area contributed by atoms with Gasteiger partial charge in [-0.25, -0.2) is 0 Å². The molecule has 0 aliphatic heterocycles. The van der Waals surface area contributed by atoms with E-state index in [0.717, 1.165) is 0 Å². The molecule has 0 spiro atoms. The van der Waals surface area contributed by atoms with Crippen LogP contribution < -0.4 is 0 Å². The maximum absolute atomic E-state index is 12.1. The van der Waals surface area contributed by atoms with Gasteiger partial charge in [-0.15, -0.1) is 0 Å². The van der Waals surface area contributed by atoms with Crippen LogP contribution in [0, 0.1) is 26.9 Å². The number of nitro groups is 1. The molecule has 102 valence electrons. The van der Waals surface area contributed by atoms with Gasteiger partial charge in [0.15, 0.2) is 0 Å². The molecule has 1 aromatic carbocycles. The van der Waals surface area contributed by atoms with Gasteiger partial charge in [-0.3, -0.25) is 14.3 Å². The van der Waals surface area contributed by atoms with Crippen LogP contribution in [0.4, 0.5) is 5.69 Å². The number of benzene rings is 1. The lowest BCUT2D eigenvalue weighted by molar-refractivity contribution is -0.387. The predicted molar refractivity (Wildman–Crippen MR) is 73.0 cm³/mol. The van der Waals surface area contributed by atoms with Crippen LogP contribution in [0.15, 0.2) is 29.2 Å². The van der Waals surface area contributed by atoms with Crippen molar-refractivity contribution in [2.75, 3.05) is 5.75 Å². The van der Waals surface area contributed by atoms with Gasteiger partial charge in [-0.05, 0) is 32.8 Å². The molecular weight excluding hydrogens is 264 g/mol. The van der Waals surface area contributed by atoms with Crippen molar-refractivity contribution in [3.8, 4) is 6.07 Å². The summed E-state index contributed by atoms with van der Waals surface area (Å²) in [7, 11) is -1.40. The van der Waals surface area contributed by atoms with Crippen LogP contribution in [0.25, 0.3) is 0 Å². The van der Waals surface area contributed by atoms with Gasteiger partial charge in [0, 0.05) is 11.8 Å². The van der Waals surface area contributed by atoms with Crippen molar-refractivity contribution >= 4 is 16.5 Å². The van der Waals surface area contributed by atoms with Gasteiger partial charge in [0.2, 0.25) is 0 Å². The highest BCUT2D eigenvalue weighted by atomic mass is 32.2. The molecule has 0 bridgehead atoms. The molecule has 1 rings (SSSR count). The third-order valence-corrected chi connectivity index (χ3v) is 4.24. The maximum Gasteiger partial charge on any atom is 0.285 e. The Labute approximate surface area is 114 Å². The Balaban J connectivity index is 2.70. The average molecular weight is 280 g/mol. The van der Waals surface area contributed by atoms with E-state index >= 15 is 0 Å². The highest BCUT2D eigenvalue weighted by molar-refractivity contribution is 7.85. The SMILES string of the molecule is CC(C)(C#N)CCCS(=O)c1ccccc1[N+](=O)[O-]. The van der Waals surface area contributed by atoms with E-state index < -0.39 is 21.1 Å². The molecule has 1 unspecified atom stereocenters. The number of hydrogen-bond donors (Lipinski definition) is 0. The largest absolute Gasteiger partial charge is 0.285 e. The smallest absolute Gasteiger partial charge is 0.258 e. The monoisotopic (exact) mass is 280 g/mol. The van der Waals surface area contributed by atoms with Crippen molar-refractivity contribution in [2.45, 2.75) is 31.6 Å². The fourth-order valence-electron chi connectivity index (χ4n) is 1.61. The third-order valence-electron chi connectivity index (χ3n) is 2.74. The van der Waals surface area contributed by atoms with Crippen LogP contribution in [0.5, 0.6) is 0 Å². The molecular formula is C13H16N2O3S. The zero-order chi connectivity index (χ0) is 14.5. The molecule has 0 N–H and O–H groups in total. The Morgan fingerprint density at radius 1 is 1.42 bits per heavy atom. The molecule has 0 aromatic heterocycles. The van der Waals surface area contributed by atoms with Gasteiger partial charge < -0.3 is 0 Å². The first-order valence-electron chi connectivity index (χ1n) is 5.90. The van der Waals surface area contributed by atoms with E-state index in [4.69, 9.17) is 5.26 Å². The third kappa shape index (κ3) is 4.45. The molecule has 0 radical (unpaired) electrons. The Morgan fingerprint density at radius 2 is 2.05 bits per heavy atom. The number of nitriles is 1. The summed E-state index contributed by atoms with van der Waals surface area (Å²) in [5, 5.41) is 19.7. The predicted octanol–water partition coefficient (Wildman–Crippen LogP) is 3.03. The van der Waals surface area contributed by atoms with Gasteiger partial charge in [-0.2, -0.15) is 5.26 Å². The summed E-state index contributed by atoms with van der Waals surface area (Å²) >= 11 is 0. The number of rotatable bonds is 6. The van der Waals surface area contributed by atoms with Crippen LogP contribution in [-0.2, 0) is 10.8 Å². The van der Waals surface area contributed by atoms with Crippen molar-refractivity contribution < 1.29 is 9.13 Å². The van der Waals surface area contributed by atoms with Crippen molar-refractivity contribution in [3.05, 3.63) is 34.4 Å². The number of hydrogen-bond acceptors (Lipinski definition) is 4. The van der Waals surface area contributed by atoms with Gasteiger partial charge in [0.1, 0.15) is 4.90 Å². The Hall–Kier alpha value is -1.74. The van der Waals surface area contributed by atoms with E-state index in [1.807, 2.05) is 13.8 Å². The topological polar surface area (TPSA) is 84.0 Å². The normalized spacial score (nSPS) is 12.7. The minimum atomic E-state index is -1.40. The van der Waals surface area contributed by atoms with Crippen molar-refractivity contribution in [1.82, 2.24) is 0 Å². The van der Waals surface area contributed by atoms with E-state index in [1.165, 1.54) is 12.1 Å².